The minimum Gasteiger partial charge on any atom is -0.465 e. The molecule has 68 valence electrons. The van der Waals surface area contributed by atoms with Crippen molar-refractivity contribution in [2.45, 2.75) is 6.92 Å². The van der Waals surface area contributed by atoms with E-state index in [2.05, 4.69) is 16.4 Å². The summed E-state index contributed by atoms with van der Waals surface area (Å²) in [5.41, 5.74) is 2.16. The zero-order valence-electron chi connectivity index (χ0n) is 7.70. The Morgan fingerprint density at radius 2 is 2.23 bits per heavy atom. The van der Waals surface area contributed by atoms with Crippen molar-refractivity contribution < 1.29 is 9.53 Å². The van der Waals surface area contributed by atoms with E-state index in [4.69, 9.17) is 0 Å². The zero-order valence-corrected chi connectivity index (χ0v) is 7.70. The maximum atomic E-state index is 11.2. The van der Waals surface area contributed by atoms with Gasteiger partial charge in [0, 0.05) is 0 Å². The Bertz CT molecular complexity index is 345. The smallest absolute Gasteiger partial charge is 0.338 e. The lowest BCUT2D eigenvalue weighted by Gasteiger charge is -2.03. The number of carbonyl (C=O) groups excluding carboxylic acids is 1. The molecule has 13 heavy (non-hydrogen) atoms. The standard InChI is InChI=1S/C10H11NO2/c1-7-6-8(11-2)4-5-9(7)10(12)13-3/h4-6H,2H2,1,3H3. The number of ether oxygens (including phenoxy) is 1. The van der Waals surface area contributed by atoms with Gasteiger partial charge in [-0.1, -0.05) is 0 Å². The van der Waals surface area contributed by atoms with E-state index in [1.807, 2.05) is 6.92 Å². The van der Waals surface area contributed by atoms with Gasteiger partial charge in [-0.15, -0.1) is 0 Å². The van der Waals surface area contributed by atoms with Gasteiger partial charge in [0.25, 0.3) is 0 Å². The number of aryl methyl sites for hydroxylation is 1. The van der Waals surface area contributed by atoms with Gasteiger partial charge in [0.2, 0.25) is 0 Å². The fourth-order valence-electron chi connectivity index (χ4n) is 1.09. The summed E-state index contributed by atoms with van der Waals surface area (Å²) in [7, 11) is 1.36. The van der Waals surface area contributed by atoms with Crippen LogP contribution >= 0.6 is 0 Å². The summed E-state index contributed by atoms with van der Waals surface area (Å²) in [5.74, 6) is -0.326. The molecule has 0 atom stereocenters. The van der Waals surface area contributed by atoms with Crippen LogP contribution in [0.2, 0.25) is 0 Å². The molecular weight excluding hydrogens is 166 g/mol. The maximum absolute atomic E-state index is 11.2. The van der Waals surface area contributed by atoms with Crippen molar-refractivity contribution in [3.63, 3.8) is 0 Å². The molecule has 0 radical (unpaired) electrons. The number of hydrogen-bond acceptors (Lipinski definition) is 3. The molecule has 1 aromatic rings. The average Bonchev–Trinajstić information content (AvgIpc) is 2.16. The SMILES string of the molecule is C=Nc1ccc(C(=O)OC)c(C)c1. The molecule has 0 aliphatic heterocycles. The molecular formula is C10H11NO2. The van der Waals surface area contributed by atoms with Crippen LogP contribution in [0, 0.1) is 6.92 Å². The van der Waals surface area contributed by atoms with Crippen molar-refractivity contribution in [2.24, 2.45) is 4.99 Å². The van der Waals surface area contributed by atoms with E-state index in [1.165, 1.54) is 7.11 Å². The molecule has 0 saturated carbocycles. The van der Waals surface area contributed by atoms with Crippen molar-refractivity contribution in [3.8, 4) is 0 Å². The minimum absolute atomic E-state index is 0.326. The number of esters is 1. The van der Waals surface area contributed by atoms with Crippen LogP contribution in [0.5, 0.6) is 0 Å². The first-order chi connectivity index (χ1) is 6.19. The average molecular weight is 177 g/mol. The summed E-state index contributed by atoms with van der Waals surface area (Å²) in [6, 6.07) is 5.21. The summed E-state index contributed by atoms with van der Waals surface area (Å²) in [4.78, 5) is 14.9. The summed E-state index contributed by atoms with van der Waals surface area (Å²) < 4.78 is 4.61. The highest BCUT2D eigenvalue weighted by Gasteiger charge is 2.08. The van der Waals surface area contributed by atoms with Gasteiger partial charge in [-0.2, -0.15) is 0 Å². The van der Waals surface area contributed by atoms with E-state index in [0.717, 1.165) is 11.3 Å². The third-order valence-corrected chi connectivity index (χ3v) is 1.80. The van der Waals surface area contributed by atoms with Gasteiger partial charge in [0.1, 0.15) is 0 Å². The molecule has 0 unspecified atom stereocenters. The van der Waals surface area contributed by atoms with Crippen molar-refractivity contribution in [3.05, 3.63) is 29.3 Å². The fraction of sp³-hybridized carbons (Fsp3) is 0.200. The van der Waals surface area contributed by atoms with E-state index >= 15 is 0 Å². The normalized spacial score (nSPS) is 9.38. The largest absolute Gasteiger partial charge is 0.465 e. The fourth-order valence-corrected chi connectivity index (χ4v) is 1.09. The Kier molecular flexibility index (Phi) is 2.80. The minimum atomic E-state index is -0.326. The summed E-state index contributed by atoms with van der Waals surface area (Å²) >= 11 is 0. The van der Waals surface area contributed by atoms with Crippen LogP contribution in [0.15, 0.2) is 23.2 Å². The molecule has 0 amide bonds. The molecule has 3 nitrogen and oxygen atoms in total. The van der Waals surface area contributed by atoms with Crippen LogP contribution < -0.4 is 0 Å². The summed E-state index contributed by atoms with van der Waals surface area (Å²) in [5, 5.41) is 0. The van der Waals surface area contributed by atoms with Crippen molar-refractivity contribution in [2.75, 3.05) is 7.11 Å². The van der Waals surface area contributed by atoms with Gasteiger partial charge in [-0.3, -0.25) is 4.99 Å². The van der Waals surface area contributed by atoms with Gasteiger partial charge in [0.15, 0.2) is 0 Å². The topological polar surface area (TPSA) is 38.7 Å². The van der Waals surface area contributed by atoms with E-state index in [9.17, 15) is 4.79 Å². The third kappa shape index (κ3) is 1.93. The number of hydrogen-bond donors (Lipinski definition) is 0. The molecule has 0 spiro atoms. The maximum Gasteiger partial charge on any atom is 0.338 e. The van der Waals surface area contributed by atoms with Gasteiger partial charge < -0.3 is 4.74 Å². The van der Waals surface area contributed by atoms with Crippen LogP contribution in [0.25, 0.3) is 0 Å². The molecule has 1 rings (SSSR count). The van der Waals surface area contributed by atoms with E-state index in [0.29, 0.717) is 5.56 Å². The molecule has 0 heterocycles. The third-order valence-electron chi connectivity index (χ3n) is 1.80. The van der Waals surface area contributed by atoms with Crippen LogP contribution in [0.4, 0.5) is 5.69 Å². The number of carbonyl (C=O) groups is 1. The number of aliphatic imine (C=N–C) groups is 1. The monoisotopic (exact) mass is 177 g/mol. The van der Waals surface area contributed by atoms with Crippen LogP contribution in [0.3, 0.4) is 0 Å². The van der Waals surface area contributed by atoms with E-state index < -0.39 is 0 Å². The predicted octanol–water partition coefficient (Wildman–Crippen LogP) is 2.11. The molecule has 0 fully saturated rings. The van der Waals surface area contributed by atoms with E-state index in [-0.39, 0.29) is 5.97 Å². The first kappa shape index (κ1) is 9.45. The Morgan fingerprint density at radius 1 is 1.54 bits per heavy atom. The first-order valence-corrected chi connectivity index (χ1v) is 3.84. The zero-order chi connectivity index (χ0) is 9.84. The Hall–Kier alpha value is -1.64. The van der Waals surface area contributed by atoms with Crippen LogP contribution in [-0.2, 0) is 4.74 Å². The molecule has 0 bridgehead atoms. The molecule has 0 aromatic heterocycles. The quantitative estimate of drug-likeness (QED) is 0.512. The summed E-state index contributed by atoms with van der Waals surface area (Å²) in [6.07, 6.45) is 0. The van der Waals surface area contributed by atoms with Crippen molar-refractivity contribution >= 4 is 18.4 Å². The number of benzene rings is 1. The molecule has 0 aliphatic rings. The highest BCUT2D eigenvalue weighted by Crippen LogP contribution is 2.17. The van der Waals surface area contributed by atoms with E-state index in [1.54, 1.807) is 18.2 Å². The van der Waals surface area contributed by atoms with Crippen molar-refractivity contribution in [1.82, 2.24) is 0 Å². The number of methoxy groups -OCH3 is 1. The molecule has 3 heteroatoms. The van der Waals surface area contributed by atoms with Crippen LogP contribution in [-0.4, -0.2) is 19.8 Å². The highest BCUT2D eigenvalue weighted by atomic mass is 16.5. The second-order valence-corrected chi connectivity index (χ2v) is 2.65. The number of nitrogens with zero attached hydrogens (tertiary/aromatic N) is 1. The second-order valence-electron chi connectivity index (χ2n) is 2.65. The van der Waals surface area contributed by atoms with Crippen LogP contribution in [0.1, 0.15) is 15.9 Å². The predicted molar refractivity (Wildman–Crippen MR) is 51.7 cm³/mol. The van der Waals surface area contributed by atoms with Gasteiger partial charge in [-0.25, -0.2) is 4.79 Å². The Morgan fingerprint density at radius 3 is 2.69 bits per heavy atom. The van der Waals surface area contributed by atoms with Gasteiger partial charge >= 0.3 is 5.97 Å². The Labute approximate surface area is 77.1 Å². The number of rotatable bonds is 2. The van der Waals surface area contributed by atoms with Gasteiger partial charge in [-0.05, 0) is 37.4 Å². The molecule has 0 saturated heterocycles. The lowest BCUT2D eigenvalue weighted by Crippen LogP contribution is -2.02. The molecule has 0 aliphatic carbocycles. The lowest BCUT2D eigenvalue weighted by molar-refractivity contribution is 0.0600. The molecule has 0 N–H and O–H groups in total. The highest BCUT2D eigenvalue weighted by molar-refractivity contribution is 5.91. The lowest BCUT2D eigenvalue weighted by atomic mass is 10.1. The van der Waals surface area contributed by atoms with Gasteiger partial charge in [0.05, 0.1) is 18.4 Å². The summed E-state index contributed by atoms with van der Waals surface area (Å²) in [6.45, 7) is 5.23. The Balaban J connectivity index is 3.12. The second kappa shape index (κ2) is 3.85. The van der Waals surface area contributed by atoms with Crippen molar-refractivity contribution in [1.29, 1.82) is 0 Å². The molecule has 1 aromatic carbocycles. The first-order valence-electron chi connectivity index (χ1n) is 3.84.